The fourth-order valence-electron chi connectivity index (χ4n) is 3.50. The van der Waals surface area contributed by atoms with Gasteiger partial charge in [-0.05, 0) is 55.7 Å². The van der Waals surface area contributed by atoms with Crippen molar-refractivity contribution in [2.24, 2.45) is 17.8 Å². The van der Waals surface area contributed by atoms with E-state index >= 15 is 0 Å². The van der Waals surface area contributed by atoms with Crippen LogP contribution in [0, 0.1) is 17.8 Å². The van der Waals surface area contributed by atoms with Crippen LogP contribution in [-0.2, 0) is 16.0 Å². The summed E-state index contributed by atoms with van der Waals surface area (Å²) in [5.41, 5.74) is 1.13. The Balaban J connectivity index is 1.79. The Kier molecular flexibility index (Phi) is 7.30. The summed E-state index contributed by atoms with van der Waals surface area (Å²) in [5.74, 6) is 0.653. The molecule has 1 amide bonds. The zero-order valence-electron chi connectivity index (χ0n) is 15.8. The molecule has 6 heteroatoms. The van der Waals surface area contributed by atoms with Crippen LogP contribution < -0.4 is 14.8 Å². The lowest BCUT2D eigenvalue weighted by atomic mass is 9.81. The van der Waals surface area contributed by atoms with Gasteiger partial charge >= 0.3 is 5.97 Å². The van der Waals surface area contributed by atoms with E-state index < -0.39 is 5.97 Å². The topological polar surface area (TPSA) is 84.9 Å². The molecule has 1 aliphatic rings. The van der Waals surface area contributed by atoms with Crippen LogP contribution in [0.2, 0.25) is 0 Å². The molecule has 1 aromatic rings. The fraction of sp³-hybridized carbons (Fsp3) is 0.600. The van der Waals surface area contributed by atoms with E-state index in [0.717, 1.165) is 12.0 Å². The first-order chi connectivity index (χ1) is 12.4. The Bertz CT molecular complexity index is 623. The van der Waals surface area contributed by atoms with Crippen LogP contribution in [0.3, 0.4) is 0 Å². The van der Waals surface area contributed by atoms with E-state index in [4.69, 9.17) is 14.6 Å². The van der Waals surface area contributed by atoms with Crippen molar-refractivity contribution in [3.05, 3.63) is 23.8 Å². The molecule has 2 N–H and O–H groups in total. The standard InChI is InChI=1S/C20H29NO5/c1-13(10-14-4-9-17(25-2)18(11-14)26-3)12-21-19(22)15-5-7-16(8-6-15)20(23)24/h4,9,11,13,15-16H,5-8,10,12H2,1-3H3,(H,21,22)(H,23,24). The molecule has 1 aromatic carbocycles. The minimum Gasteiger partial charge on any atom is -0.493 e. The molecule has 1 fully saturated rings. The maximum Gasteiger partial charge on any atom is 0.306 e. The molecule has 0 aromatic heterocycles. The van der Waals surface area contributed by atoms with E-state index in [1.807, 2.05) is 18.2 Å². The average Bonchev–Trinajstić information content (AvgIpc) is 2.66. The molecular weight excluding hydrogens is 334 g/mol. The maximum absolute atomic E-state index is 12.3. The van der Waals surface area contributed by atoms with Crippen molar-refractivity contribution in [2.75, 3.05) is 20.8 Å². The van der Waals surface area contributed by atoms with Gasteiger partial charge in [-0.3, -0.25) is 9.59 Å². The van der Waals surface area contributed by atoms with Gasteiger partial charge in [0.25, 0.3) is 0 Å². The number of carbonyl (C=O) groups is 2. The van der Waals surface area contributed by atoms with E-state index in [1.165, 1.54) is 0 Å². The van der Waals surface area contributed by atoms with Gasteiger partial charge < -0.3 is 19.9 Å². The normalized spacial score (nSPS) is 20.9. The molecule has 2 rings (SSSR count). The smallest absolute Gasteiger partial charge is 0.306 e. The molecule has 1 atom stereocenters. The van der Waals surface area contributed by atoms with Crippen molar-refractivity contribution in [3.8, 4) is 11.5 Å². The lowest BCUT2D eigenvalue weighted by molar-refractivity contribution is -0.144. The summed E-state index contributed by atoms with van der Waals surface area (Å²) in [6.45, 7) is 2.70. The van der Waals surface area contributed by atoms with Crippen LogP contribution >= 0.6 is 0 Å². The number of methoxy groups -OCH3 is 2. The van der Waals surface area contributed by atoms with Crippen molar-refractivity contribution in [3.63, 3.8) is 0 Å². The summed E-state index contributed by atoms with van der Waals surface area (Å²) in [6.07, 6.45) is 3.33. The highest BCUT2D eigenvalue weighted by Crippen LogP contribution is 2.30. The minimum atomic E-state index is -0.743. The number of benzene rings is 1. The predicted molar refractivity (Wildman–Crippen MR) is 98.5 cm³/mol. The van der Waals surface area contributed by atoms with E-state index in [-0.39, 0.29) is 23.7 Å². The van der Waals surface area contributed by atoms with Gasteiger partial charge in [-0.15, -0.1) is 0 Å². The van der Waals surface area contributed by atoms with Gasteiger partial charge in [-0.1, -0.05) is 13.0 Å². The fourth-order valence-corrected chi connectivity index (χ4v) is 3.50. The molecule has 1 aliphatic carbocycles. The number of nitrogens with one attached hydrogen (secondary N) is 1. The van der Waals surface area contributed by atoms with E-state index in [0.29, 0.717) is 43.7 Å². The molecule has 0 spiro atoms. The van der Waals surface area contributed by atoms with Crippen molar-refractivity contribution < 1.29 is 24.2 Å². The average molecular weight is 363 g/mol. The van der Waals surface area contributed by atoms with Crippen LogP contribution in [-0.4, -0.2) is 37.7 Å². The van der Waals surface area contributed by atoms with Crippen LogP contribution in [0.15, 0.2) is 18.2 Å². The van der Waals surface area contributed by atoms with E-state index in [9.17, 15) is 9.59 Å². The second kappa shape index (κ2) is 9.46. The highest BCUT2D eigenvalue weighted by atomic mass is 16.5. The van der Waals surface area contributed by atoms with E-state index in [2.05, 4.69) is 12.2 Å². The van der Waals surface area contributed by atoms with Crippen LogP contribution in [0.5, 0.6) is 11.5 Å². The Labute approximate surface area is 154 Å². The third-order valence-corrected chi connectivity index (χ3v) is 5.10. The van der Waals surface area contributed by atoms with E-state index in [1.54, 1.807) is 14.2 Å². The molecule has 1 saturated carbocycles. The van der Waals surface area contributed by atoms with Crippen molar-refractivity contribution in [1.29, 1.82) is 0 Å². The van der Waals surface area contributed by atoms with Gasteiger partial charge in [0.15, 0.2) is 11.5 Å². The van der Waals surface area contributed by atoms with Gasteiger partial charge in [0.2, 0.25) is 5.91 Å². The summed E-state index contributed by atoms with van der Waals surface area (Å²) in [4.78, 5) is 23.3. The molecule has 0 saturated heterocycles. The summed E-state index contributed by atoms with van der Waals surface area (Å²) in [5, 5.41) is 12.1. The first-order valence-electron chi connectivity index (χ1n) is 9.16. The van der Waals surface area contributed by atoms with Crippen molar-refractivity contribution in [2.45, 2.75) is 39.0 Å². The Morgan fingerprint density at radius 2 is 1.73 bits per heavy atom. The summed E-state index contributed by atoms with van der Waals surface area (Å²) in [7, 11) is 3.23. The maximum atomic E-state index is 12.3. The van der Waals surface area contributed by atoms with Gasteiger partial charge in [0.1, 0.15) is 0 Å². The number of carbonyl (C=O) groups excluding carboxylic acids is 1. The minimum absolute atomic E-state index is 0.0491. The van der Waals surface area contributed by atoms with Crippen molar-refractivity contribution in [1.82, 2.24) is 5.32 Å². The molecule has 0 bridgehead atoms. The lowest BCUT2D eigenvalue weighted by Gasteiger charge is -2.25. The zero-order valence-corrected chi connectivity index (χ0v) is 15.8. The van der Waals surface area contributed by atoms with Crippen molar-refractivity contribution >= 4 is 11.9 Å². The first-order valence-corrected chi connectivity index (χ1v) is 9.16. The molecule has 6 nitrogen and oxygen atoms in total. The number of carboxylic acids is 1. The SMILES string of the molecule is COc1ccc(CC(C)CNC(=O)C2CCC(C(=O)O)CC2)cc1OC. The molecule has 26 heavy (non-hydrogen) atoms. The Morgan fingerprint density at radius 3 is 2.31 bits per heavy atom. The quantitative estimate of drug-likeness (QED) is 0.742. The summed E-state index contributed by atoms with van der Waals surface area (Å²) < 4.78 is 10.6. The first kappa shape index (κ1) is 20.1. The van der Waals surface area contributed by atoms with Gasteiger partial charge in [0.05, 0.1) is 20.1 Å². The number of rotatable bonds is 8. The van der Waals surface area contributed by atoms with Gasteiger partial charge in [-0.25, -0.2) is 0 Å². The number of ether oxygens (including phenoxy) is 2. The Morgan fingerprint density at radius 1 is 1.12 bits per heavy atom. The summed E-state index contributed by atoms with van der Waals surface area (Å²) >= 11 is 0. The predicted octanol–water partition coefficient (Wildman–Crippen LogP) is 2.89. The van der Waals surface area contributed by atoms with Gasteiger partial charge in [0, 0.05) is 12.5 Å². The number of hydrogen-bond acceptors (Lipinski definition) is 4. The third kappa shape index (κ3) is 5.38. The summed E-state index contributed by atoms with van der Waals surface area (Å²) in [6, 6.07) is 5.86. The number of amides is 1. The molecule has 1 unspecified atom stereocenters. The van der Waals surface area contributed by atoms with Crippen LogP contribution in [0.4, 0.5) is 0 Å². The largest absolute Gasteiger partial charge is 0.493 e. The zero-order chi connectivity index (χ0) is 19.1. The highest BCUT2D eigenvalue weighted by molar-refractivity contribution is 5.79. The molecule has 0 radical (unpaired) electrons. The van der Waals surface area contributed by atoms with Crippen LogP contribution in [0.1, 0.15) is 38.2 Å². The molecule has 0 aliphatic heterocycles. The second-order valence-electron chi connectivity index (χ2n) is 7.13. The lowest BCUT2D eigenvalue weighted by Crippen LogP contribution is -2.36. The monoisotopic (exact) mass is 363 g/mol. The number of carboxylic acid groups (broad SMARTS) is 1. The number of hydrogen-bond donors (Lipinski definition) is 2. The number of aliphatic carboxylic acids is 1. The second-order valence-corrected chi connectivity index (χ2v) is 7.13. The highest BCUT2D eigenvalue weighted by Gasteiger charge is 2.29. The molecular formula is C20H29NO5. The third-order valence-electron chi connectivity index (χ3n) is 5.10. The molecule has 0 heterocycles. The van der Waals surface area contributed by atoms with Crippen LogP contribution in [0.25, 0.3) is 0 Å². The molecule has 144 valence electrons. The Hall–Kier alpha value is -2.24. The van der Waals surface area contributed by atoms with Gasteiger partial charge in [-0.2, -0.15) is 0 Å².